The Labute approximate surface area is 155 Å². The van der Waals surface area contributed by atoms with Gasteiger partial charge in [0.05, 0.1) is 6.54 Å². The third-order valence-electron chi connectivity index (χ3n) is 4.37. The monoisotopic (exact) mass is 363 g/mol. The van der Waals surface area contributed by atoms with Crippen molar-refractivity contribution in [1.82, 2.24) is 15.1 Å². The van der Waals surface area contributed by atoms with Gasteiger partial charge in [-0.1, -0.05) is 29.8 Å². The number of carbonyl (C=O) groups is 3. The third kappa shape index (κ3) is 7.65. The number of aryl methyl sites for hydroxylation is 1. The second kappa shape index (κ2) is 11.3. The lowest BCUT2D eigenvalue weighted by molar-refractivity contribution is -0.131. The lowest BCUT2D eigenvalue weighted by Crippen LogP contribution is -2.37. The molecular weight excluding hydrogens is 334 g/mol. The van der Waals surface area contributed by atoms with Gasteiger partial charge in [-0.25, -0.2) is 0 Å². The summed E-state index contributed by atoms with van der Waals surface area (Å²) < 4.78 is 0. The summed E-state index contributed by atoms with van der Waals surface area (Å²) >= 11 is 0. The third-order valence-corrected chi connectivity index (χ3v) is 4.37. The second-order valence-electron chi connectivity index (χ2n) is 6.64. The molecule has 7 heteroatoms. The van der Waals surface area contributed by atoms with Crippen LogP contribution in [0.3, 0.4) is 0 Å². The van der Waals surface area contributed by atoms with Crippen LogP contribution in [0.1, 0.15) is 24.0 Å². The first-order valence-electron chi connectivity index (χ1n) is 8.69. The van der Waals surface area contributed by atoms with Gasteiger partial charge in [0.15, 0.2) is 0 Å². The van der Waals surface area contributed by atoms with E-state index in [4.69, 9.17) is 9.90 Å². The van der Waals surface area contributed by atoms with Gasteiger partial charge >= 0.3 is 0 Å². The number of amides is 2. The Kier molecular flexibility index (Phi) is 9.36. The molecule has 2 N–H and O–H groups in total. The maximum atomic E-state index is 12.4. The van der Waals surface area contributed by atoms with Crippen molar-refractivity contribution < 1.29 is 19.5 Å². The molecule has 0 saturated carbocycles. The first-order chi connectivity index (χ1) is 12.4. The van der Waals surface area contributed by atoms with E-state index in [1.54, 1.807) is 7.05 Å². The number of rotatable bonds is 6. The van der Waals surface area contributed by atoms with Crippen molar-refractivity contribution in [1.29, 1.82) is 0 Å². The van der Waals surface area contributed by atoms with Crippen LogP contribution in [0.4, 0.5) is 0 Å². The first-order valence-corrected chi connectivity index (χ1v) is 8.69. The normalized spacial score (nSPS) is 16.0. The zero-order chi connectivity index (χ0) is 19.5. The van der Waals surface area contributed by atoms with E-state index >= 15 is 0 Å². The molecule has 144 valence electrons. The van der Waals surface area contributed by atoms with Gasteiger partial charge in [-0.2, -0.15) is 0 Å². The average Bonchev–Trinajstić information content (AvgIpc) is 3.06. The largest absolute Gasteiger partial charge is 0.483 e. The van der Waals surface area contributed by atoms with Gasteiger partial charge in [-0.15, -0.1) is 0 Å². The van der Waals surface area contributed by atoms with Crippen LogP contribution in [-0.2, 0) is 20.9 Å². The summed E-state index contributed by atoms with van der Waals surface area (Å²) in [6, 6.07) is 8.39. The number of hydrogen-bond acceptors (Lipinski definition) is 4. The second-order valence-corrected chi connectivity index (χ2v) is 6.64. The molecule has 1 unspecified atom stereocenters. The number of carboxylic acid groups (broad SMARTS) is 1. The number of likely N-dealkylation sites (N-methyl/N-ethyl adjacent to an activating group) is 1. The van der Waals surface area contributed by atoms with Crippen LogP contribution in [0.2, 0.25) is 0 Å². The van der Waals surface area contributed by atoms with Crippen molar-refractivity contribution in [3.05, 3.63) is 35.4 Å². The van der Waals surface area contributed by atoms with Crippen LogP contribution in [0.15, 0.2) is 24.3 Å². The summed E-state index contributed by atoms with van der Waals surface area (Å²) in [5.74, 6) is 0.501. The van der Waals surface area contributed by atoms with Gasteiger partial charge in [-0.05, 0) is 31.9 Å². The van der Waals surface area contributed by atoms with Crippen molar-refractivity contribution in [3.8, 4) is 0 Å². The quantitative estimate of drug-likeness (QED) is 0.739. The molecule has 0 aliphatic carbocycles. The molecule has 1 aliphatic heterocycles. The molecule has 0 radical (unpaired) electrons. The molecule has 1 saturated heterocycles. The fourth-order valence-electron chi connectivity index (χ4n) is 2.98. The number of nitrogens with zero attached hydrogens (tertiary/aromatic N) is 2. The number of likely N-dealkylation sites (tertiary alicyclic amines) is 1. The van der Waals surface area contributed by atoms with E-state index < -0.39 is 0 Å². The number of benzene rings is 1. The van der Waals surface area contributed by atoms with Crippen LogP contribution in [0.25, 0.3) is 0 Å². The van der Waals surface area contributed by atoms with Gasteiger partial charge < -0.3 is 15.3 Å². The van der Waals surface area contributed by atoms with Gasteiger partial charge in [0, 0.05) is 33.1 Å². The SMILES string of the molecule is CNC(=O)CC1CCN(C(=O)CN(C)Cc2ccc(C)cc2)C1.O=CO. The Morgan fingerprint density at radius 3 is 2.54 bits per heavy atom. The van der Waals surface area contributed by atoms with E-state index in [9.17, 15) is 9.59 Å². The van der Waals surface area contributed by atoms with E-state index in [0.717, 1.165) is 19.5 Å². The Morgan fingerprint density at radius 2 is 1.96 bits per heavy atom. The average molecular weight is 363 g/mol. The van der Waals surface area contributed by atoms with Crippen LogP contribution < -0.4 is 5.32 Å². The van der Waals surface area contributed by atoms with Crippen molar-refractivity contribution in [2.24, 2.45) is 5.92 Å². The summed E-state index contributed by atoms with van der Waals surface area (Å²) in [7, 11) is 3.62. The molecule has 1 atom stereocenters. The lowest BCUT2D eigenvalue weighted by Gasteiger charge is -2.21. The van der Waals surface area contributed by atoms with Crippen LogP contribution >= 0.6 is 0 Å². The fraction of sp³-hybridized carbons (Fsp3) is 0.526. The first kappa shape index (κ1) is 21.6. The van der Waals surface area contributed by atoms with Gasteiger partial charge in [0.2, 0.25) is 11.8 Å². The molecule has 1 aromatic rings. The Morgan fingerprint density at radius 1 is 1.35 bits per heavy atom. The molecule has 1 aliphatic rings. The van der Waals surface area contributed by atoms with Gasteiger partial charge in [0.25, 0.3) is 6.47 Å². The van der Waals surface area contributed by atoms with Crippen LogP contribution in [0, 0.1) is 12.8 Å². The van der Waals surface area contributed by atoms with Crippen LogP contribution in [-0.4, -0.2) is 66.9 Å². The van der Waals surface area contributed by atoms with Crippen LogP contribution in [0.5, 0.6) is 0 Å². The fourth-order valence-corrected chi connectivity index (χ4v) is 2.98. The molecular formula is C19H29N3O4. The predicted molar refractivity (Wildman–Crippen MR) is 99.6 cm³/mol. The van der Waals surface area contributed by atoms with E-state index in [-0.39, 0.29) is 18.3 Å². The number of hydrogen-bond donors (Lipinski definition) is 2. The summed E-state index contributed by atoms with van der Waals surface area (Å²) in [6.45, 7) is 4.46. The molecule has 26 heavy (non-hydrogen) atoms. The highest BCUT2D eigenvalue weighted by Gasteiger charge is 2.27. The van der Waals surface area contributed by atoms with E-state index in [0.29, 0.717) is 25.4 Å². The zero-order valence-corrected chi connectivity index (χ0v) is 15.8. The molecule has 1 aromatic carbocycles. The predicted octanol–water partition coefficient (Wildman–Crippen LogP) is 1.11. The van der Waals surface area contributed by atoms with Crippen molar-refractivity contribution in [2.45, 2.75) is 26.3 Å². The molecule has 2 rings (SSSR count). The van der Waals surface area contributed by atoms with E-state index in [2.05, 4.69) is 36.5 Å². The summed E-state index contributed by atoms with van der Waals surface area (Å²) in [5, 5.41) is 9.54. The standard InChI is InChI=1S/C18H27N3O2.CH2O2/c1-14-4-6-15(7-5-14)11-20(3)13-18(23)21-9-8-16(12-21)10-17(22)19-2;2-1-3/h4-7,16H,8-13H2,1-3H3,(H,19,22);1H,(H,2,3). The minimum absolute atomic E-state index is 0.0563. The molecule has 7 nitrogen and oxygen atoms in total. The lowest BCUT2D eigenvalue weighted by atomic mass is 10.1. The Hall–Kier alpha value is -2.41. The Balaban J connectivity index is 0.00000105. The minimum atomic E-state index is -0.250. The summed E-state index contributed by atoms with van der Waals surface area (Å²) in [6.07, 6.45) is 1.43. The Bertz CT molecular complexity index is 589. The molecule has 2 amide bonds. The number of nitrogens with one attached hydrogen (secondary N) is 1. The molecule has 0 bridgehead atoms. The summed E-state index contributed by atoms with van der Waals surface area (Å²) in [5.41, 5.74) is 2.46. The smallest absolute Gasteiger partial charge is 0.290 e. The van der Waals surface area contributed by atoms with Crippen molar-refractivity contribution >= 4 is 18.3 Å². The highest BCUT2D eigenvalue weighted by atomic mass is 16.3. The topological polar surface area (TPSA) is 90.0 Å². The van der Waals surface area contributed by atoms with Crippen molar-refractivity contribution in [2.75, 3.05) is 33.7 Å². The summed E-state index contributed by atoms with van der Waals surface area (Å²) in [4.78, 5) is 36.1. The van der Waals surface area contributed by atoms with Gasteiger partial charge in [-0.3, -0.25) is 19.3 Å². The highest BCUT2D eigenvalue weighted by Crippen LogP contribution is 2.19. The minimum Gasteiger partial charge on any atom is -0.483 e. The molecule has 1 fully saturated rings. The van der Waals surface area contributed by atoms with E-state index in [1.165, 1.54) is 11.1 Å². The maximum Gasteiger partial charge on any atom is 0.290 e. The molecule has 0 aromatic heterocycles. The maximum absolute atomic E-state index is 12.4. The van der Waals surface area contributed by atoms with Gasteiger partial charge in [0.1, 0.15) is 0 Å². The van der Waals surface area contributed by atoms with Crippen molar-refractivity contribution in [3.63, 3.8) is 0 Å². The zero-order valence-electron chi connectivity index (χ0n) is 15.8. The van der Waals surface area contributed by atoms with E-state index in [1.807, 2.05) is 16.8 Å². The highest BCUT2D eigenvalue weighted by molar-refractivity contribution is 5.79. The molecule has 0 spiro atoms. The number of carbonyl (C=O) groups excluding carboxylic acids is 2. The molecule has 1 heterocycles.